The molecule has 50 heavy (non-hydrogen) atoms. The van der Waals surface area contributed by atoms with Crippen molar-refractivity contribution in [2.45, 2.75) is 57.3 Å². The van der Waals surface area contributed by atoms with E-state index in [0.29, 0.717) is 29.6 Å². The molecular formula is C41H46N4O5. The Morgan fingerprint density at radius 1 is 0.880 bits per heavy atom. The maximum Gasteiger partial charge on any atom is 0.413 e. The summed E-state index contributed by atoms with van der Waals surface area (Å²) < 4.78 is 5.96. The number of aryl methyl sites for hydroxylation is 1. The minimum Gasteiger partial charge on any atom is -0.506 e. The van der Waals surface area contributed by atoms with E-state index < -0.39 is 12.2 Å². The van der Waals surface area contributed by atoms with Gasteiger partial charge in [-0.15, -0.1) is 0 Å². The van der Waals surface area contributed by atoms with Crippen LogP contribution in [-0.2, 0) is 17.6 Å². The summed E-state index contributed by atoms with van der Waals surface area (Å²) in [7, 11) is 0. The predicted octanol–water partition coefficient (Wildman–Crippen LogP) is 7.15. The lowest BCUT2D eigenvalue weighted by atomic mass is 10.0. The molecule has 0 aliphatic carbocycles. The maximum atomic E-state index is 13.0. The second-order valence-corrected chi connectivity index (χ2v) is 13.0. The van der Waals surface area contributed by atoms with Crippen molar-refractivity contribution < 1.29 is 19.7 Å². The number of benzene rings is 4. The molecule has 260 valence electrons. The number of nitrogens with one attached hydrogen (secondary N) is 3. The number of para-hydroxylation sites is 1. The van der Waals surface area contributed by atoms with Crippen LogP contribution in [0.2, 0.25) is 0 Å². The van der Waals surface area contributed by atoms with Crippen molar-refractivity contribution in [3.63, 3.8) is 0 Å². The Morgan fingerprint density at radius 3 is 2.46 bits per heavy atom. The van der Waals surface area contributed by atoms with E-state index in [0.717, 1.165) is 74.8 Å². The summed E-state index contributed by atoms with van der Waals surface area (Å²) in [5.74, 6) is -0.0194. The molecule has 1 aliphatic rings. The van der Waals surface area contributed by atoms with Crippen LogP contribution in [-0.4, -0.2) is 58.6 Å². The largest absolute Gasteiger partial charge is 0.506 e. The molecule has 0 bridgehead atoms. The first-order valence-corrected chi connectivity index (χ1v) is 17.6. The summed E-state index contributed by atoms with van der Waals surface area (Å²) >= 11 is 0. The molecule has 1 unspecified atom stereocenters. The molecule has 9 heteroatoms. The lowest BCUT2D eigenvalue weighted by Crippen LogP contribution is -2.43. The van der Waals surface area contributed by atoms with E-state index in [2.05, 4.69) is 44.8 Å². The van der Waals surface area contributed by atoms with Gasteiger partial charge >= 0.3 is 6.09 Å². The van der Waals surface area contributed by atoms with E-state index in [1.165, 1.54) is 23.3 Å². The number of aromatic nitrogens is 1. The molecule has 1 fully saturated rings. The van der Waals surface area contributed by atoms with Crippen LogP contribution in [0.4, 0.5) is 10.5 Å². The van der Waals surface area contributed by atoms with Crippen molar-refractivity contribution >= 4 is 22.7 Å². The lowest BCUT2D eigenvalue weighted by molar-refractivity contribution is -0.0318. The van der Waals surface area contributed by atoms with E-state index >= 15 is 0 Å². The van der Waals surface area contributed by atoms with Crippen LogP contribution >= 0.6 is 0 Å². The van der Waals surface area contributed by atoms with E-state index in [1.54, 1.807) is 12.1 Å². The zero-order valence-electron chi connectivity index (χ0n) is 28.3. The number of carbonyl (C=O) groups excluding carboxylic acids is 1. The molecule has 2 heterocycles. The number of pyridine rings is 1. The predicted molar refractivity (Wildman–Crippen MR) is 198 cm³/mol. The molecule has 6 rings (SSSR count). The third-order valence-corrected chi connectivity index (χ3v) is 9.42. The first-order chi connectivity index (χ1) is 24.4. The van der Waals surface area contributed by atoms with Crippen molar-refractivity contribution in [3.05, 3.63) is 130 Å². The van der Waals surface area contributed by atoms with Gasteiger partial charge in [-0.05, 0) is 91.9 Å². The fourth-order valence-corrected chi connectivity index (χ4v) is 6.72. The van der Waals surface area contributed by atoms with Crippen LogP contribution in [0.5, 0.6) is 5.75 Å². The average molecular weight is 675 g/mol. The number of amides is 1. The summed E-state index contributed by atoms with van der Waals surface area (Å²) in [6.45, 7) is 2.89. The number of nitrogens with zero attached hydrogens (tertiary/aromatic N) is 1. The zero-order chi connectivity index (χ0) is 34.7. The summed E-state index contributed by atoms with van der Waals surface area (Å²) in [6, 6.07) is 32.8. The van der Waals surface area contributed by atoms with Gasteiger partial charge in [0, 0.05) is 36.7 Å². The van der Waals surface area contributed by atoms with Crippen LogP contribution in [0, 0.1) is 0 Å². The highest BCUT2D eigenvalue weighted by molar-refractivity contribution is 5.91. The van der Waals surface area contributed by atoms with Gasteiger partial charge in [-0.2, -0.15) is 0 Å². The summed E-state index contributed by atoms with van der Waals surface area (Å²) in [6.07, 6.45) is 5.51. The molecule has 5 N–H and O–H groups in total. The third-order valence-electron chi connectivity index (χ3n) is 9.42. The number of fused-ring (bicyclic) bond motifs is 1. The summed E-state index contributed by atoms with van der Waals surface area (Å²) in [4.78, 5) is 29.6. The molecule has 1 amide bonds. The lowest BCUT2D eigenvalue weighted by Gasteiger charge is -2.34. The standard InChI is InChI=1S/C41H46N4O5/c46-36-22-20-33(34-21-23-38(48)44-40(34)36)37(47)28-42-25-24-30-18-16-29(17-19-30)10-6-8-26-45-27-9-7-15-39(45)50-41(49)43-35-14-5-4-13-32(35)31-11-2-1-3-12-31/h1-5,11-14,16-23,37,39,42,46-47H,6-10,15,24-28H2,(H,43,49)(H,44,48)/t37-,39?/m0/s1. The van der Waals surface area contributed by atoms with Crippen LogP contribution in [0.3, 0.4) is 0 Å². The Morgan fingerprint density at radius 2 is 1.64 bits per heavy atom. The van der Waals surface area contributed by atoms with Gasteiger partial charge in [0.25, 0.3) is 0 Å². The van der Waals surface area contributed by atoms with E-state index in [4.69, 9.17) is 4.74 Å². The topological polar surface area (TPSA) is 127 Å². The number of aliphatic hydroxyl groups is 1. The van der Waals surface area contributed by atoms with Crippen LogP contribution in [0.15, 0.2) is 108 Å². The molecular weight excluding hydrogens is 628 g/mol. The van der Waals surface area contributed by atoms with Gasteiger partial charge in [0.15, 0.2) is 6.23 Å². The third kappa shape index (κ3) is 9.18. The molecule has 9 nitrogen and oxygen atoms in total. The number of anilines is 1. The molecule has 1 aliphatic heterocycles. The number of likely N-dealkylation sites (tertiary alicyclic amines) is 1. The molecule has 5 aromatic rings. The Labute approximate surface area is 292 Å². The van der Waals surface area contributed by atoms with E-state index in [1.807, 2.05) is 54.6 Å². The van der Waals surface area contributed by atoms with Crippen molar-refractivity contribution in [1.82, 2.24) is 15.2 Å². The van der Waals surface area contributed by atoms with Gasteiger partial charge in [0.05, 0.1) is 17.3 Å². The molecule has 0 radical (unpaired) electrons. The second-order valence-electron chi connectivity index (χ2n) is 13.0. The highest BCUT2D eigenvalue weighted by atomic mass is 16.6. The quantitative estimate of drug-likeness (QED) is 0.0792. The Hall–Kier alpha value is -4.96. The number of phenolic OH excluding ortho intramolecular Hbond substituents is 1. The fourth-order valence-electron chi connectivity index (χ4n) is 6.72. The number of unbranched alkanes of at least 4 members (excludes halogenated alkanes) is 1. The first-order valence-electron chi connectivity index (χ1n) is 17.6. The van der Waals surface area contributed by atoms with Gasteiger partial charge in [-0.3, -0.25) is 15.0 Å². The van der Waals surface area contributed by atoms with Crippen molar-refractivity contribution in [2.24, 2.45) is 0 Å². The van der Waals surface area contributed by atoms with Gasteiger partial charge in [-0.1, -0.05) is 78.9 Å². The van der Waals surface area contributed by atoms with Crippen molar-refractivity contribution in [1.29, 1.82) is 0 Å². The second kappa shape index (κ2) is 17.1. The molecule has 0 saturated carbocycles. The van der Waals surface area contributed by atoms with Crippen LogP contribution < -0.4 is 16.2 Å². The number of ether oxygens (including phenoxy) is 1. The number of piperidine rings is 1. The minimum absolute atomic E-state index is 0.0194. The number of hydrogen-bond donors (Lipinski definition) is 5. The SMILES string of the molecule is O=C(Nc1ccccc1-c1ccccc1)OC1CCCCN1CCCCc1ccc(CCNC[C@H](O)c2ccc(O)c3[nH]c(=O)ccc23)cc1. The molecule has 0 spiro atoms. The van der Waals surface area contributed by atoms with Crippen LogP contribution in [0.1, 0.15) is 54.9 Å². The Balaban J connectivity index is 0.908. The van der Waals surface area contributed by atoms with E-state index in [-0.39, 0.29) is 17.5 Å². The molecule has 1 aromatic heterocycles. The van der Waals surface area contributed by atoms with Gasteiger partial charge < -0.3 is 25.3 Å². The number of rotatable bonds is 14. The van der Waals surface area contributed by atoms with E-state index in [9.17, 15) is 19.8 Å². The zero-order valence-corrected chi connectivity index (χ0v) is 28.3. The number of aromatic amines is 1. The van der Waals surface area contributed by atoms with Gasteiger partial charge in [0.1, 0.15) is 5.75 Å². The van der Waals surface area contributed by atoms with Gasteiger partial charge in [0.2, 0.25) is 5.56 Å². The first kappa shape index (κ1) is 34.9. The molecule has 2 atom stereocenters. The number of aromatic hydroxyl groups is 1. The summed E-state index contributed by atoms with van der Waals surface area (Å²) in [5.41, 5.74) is 5.97. The van der Waals surface area contributed by atoms with Crippen molar-refractivity contribution in [2.75, 3.05) is 31.5 Å². The smallest absolute Gasteiger partial charge is 0.413 e. The van der Waals surface area contributed by atoms with Crippen LogP contribution in [0.25, 0.3) is 22.0 Å². The number of H-pyrrole nitrogens is 1. The molecule has 4 aromatic carbocycles. The molecule has 1 saturated heterocycles. The summed E-state index contributed by atoms with van der Waals surface area (Å²) in [5, 5.41) is 27.8. The fraction of sp³-hybridized carbons (Fsp3) is 0.317. The normalized spacial score (nSPS) is 15.5. The number of aliphatic hydroxyl groups excluding tert-OH is 1. The monoisotopic (exact) mass is 674 g/mol. The Bertz CT molecular complexity index is 1910. The Kier molecular flexibility index (Phi) is 11.9. The number of carbonyl (C=O) groups is 1. The minimum atomic E-state index is -0.780. The number of phenols is 1. The van der Waals surface area contributed by atoms with Gasteiger partial charge in [-0.25, -0.2) is 4.79 Å². The van der Waals surface area contributed by atoms with Crippen molar-refractivity contribution in [3.8, 4) is 16.9 Å². The highest BCUT2D eigenvalue weighted by Gasteiger charge is 2.25. The maximum absolute atomic E-state index is 13.0. The average Bonchev–Trinajstić information content (AvgIpc) is 3.14. The highest BCUT2D eigenvalue weighted by Crippen LogP contribution is 2.30. The number of hydrogen-bond acceptors (Lipinski definition) is 7.